The first-order valence-corrected chi connectivity index (χ1v) is 8.50. The smallest absolute Gasteiger partial charge is 0.251 e. The van der Waals surface area contributed by atoms with E-state index in [0.717, 1.165) is 22.9 Å². The van der Waals surface area contributed by atoms with Crippen molar-refractivity contribution < 1.29 is 9.90 Å². The number of aromatic amines is 1. The van der Waals surface area contributed by atoms with Crippen molar-refractivity contribution in [1.82, 2.24) is 20.5 Å². The molecule has 124 valence electrons. The number of benzene rings is 1. The van der Waals surface area contributed by atoms with Crippen molar-refractivity contribution in [2.24, 2.45) is 0 Å². The molecule has 2 aromatic rings. The lowest BCUT2D eigenvalue weighted by molar-refractivity contribution is 0.0714. The van der Waals surface area contributed by atoms with Crippen molar-refractivity contribution in [3.8, 4) is 0 Å². The fraction of sp³-hybridized carbons (Fsp3) is 0.438. The van der Waals surface area contributed by atoms with Crippen LogP contribution in [-0.4, -0.2) is 44.1 Å². The molecule has 1 aromatic heterocycles. The molecule has 0 radical (unpaired) electrons. The largest absolute Gasteiger partial charge is 0.390 e. The van der Waals surface area contributed by atoms with Gasteiger partial charge in [0, 0.05) is 17.9 Å². The van der Waals surface area contributed by atoms with Gasteiger partial charge < -0.3 is 10.4 Å². The van der Waals surface area contributed by atoms with E-state index in [0.29, 0.717) is 18.5 Å². The number of hydrogen-bond acceptors (Lipinski definition) is 5. The number of carbonyl (C=O) groups excluding carboxylic acids is 1. The minimum Gasteiger partial charge on any atom is -0.390 e. The lowest BCUT2D eigenvalue weighted by atomic mass is 9.98. The van der Waals surface area contributed by atoms with Crippen LogP contribution in [0.1, 0.15) is 36.2 Å². The Labute approximate surface area is 140 Å². The van der Waals surface area contributed by atoms with Crippen LogP contribution in [0.5, 0.6) is 0 Å². The fourth-order valence-electron chi connectivity index (χ4n) is 2.00. The highest BCUT2D eigenvalue weighted by Crippen LogP contribution is 2.14. The molecular weight excluding hydrogens is 312 g/mol. The summed E-state index contributed by atoms with van der Waals surface area (Å²) >= 11 is 1.51. The lowest BCUT2D eigenvalue weighted by Gasteiger charge is -2.16. The summed E-state index contributed by atoms with van der Waals surface area (Å²) in [4.78, 5) is 16.2. The third-order valence-corrected chi connectivity index (χ3v) is 4.11. The predicted molar refractivity (Wildman–Crippen MR) is 90.5 cm³/mol. The minimum atomic E-state index is -0.698. The number of carbonyl (C=O) groups is 1. The third-order valence-electron chi connectivity index (χ3n) is 3.23. The normalized spacial score (nSPS) is 11.4. The van der Waals surface area contributed by atoms with Crippen LogP contribution >= 0.6 is 11.8 Å². The molecule has 1 heterocycles. The Balaban J connectivity index is 1.79. The molecule has 0 aliphatic carbocycles. The average Bonchev–Trinajstić information content (AvgIpc) is 3.02. The summed E-state index contributed by atoms with van der Waals surface area (Å²) in [5.41, 5.74) is 0.995. The van der Waals surface area contributed by atoms with Gasteiger partial charge in [0.2, 0.25) is 0 Å². The van der Waals surface area contributed by atoms with Crippen molar-refractivity contribution in [2.45, 2.75) is 37.4 Å². The van der Waals surface area contributed by atoms with E-state index < -0.39 is 5.60 Å². The van der Waals surface area contributed by atoms with Gasteiger partial charge in [-0.15, -0.1) is 0 Å². The maximum atomic E-state index is 12.2. The number of rotatable bonds is 8. The highest BCUT2D eigenvalue weighted by atomic mass is 32.2. The molecule has 2 rings (SSSR count). The van der Waals surface area contributed by atoms with Crippen molar-refractivity contribution in [2.75, 3.05) is 12.3 Å². The third kappa shape index (κ3) is 6.42. The fourth-order valence-corrected chi connectivity index (χ4v) is 2.63. The van der Waals surface area contributed by atoms with Crippen molar-refractivity contribution in [1.29, 1.82) is 0 Å². The SMILES string of the molecule is CC(C)(O)CCc1cccc(C(=O)NCCSc2ncn[nH]2)c1. The molecule has 0 spiro atoms. The zero-order valence-corrected chi connectivity index (χ0v) is 14.2. The van der Waals surface area contributed by atoms with Gasteiger partial charge in [-0.1, -0.05) is 23.9 Å². The highest BCUT2D eigenvalue weighted by molar-refractivity contribution is 7.99. The number of nitrogens with zero attached hydrogens (tertiary/aromatic N) is 2. The van der Waals surface area contributed by atoms with E-state index in [-0.39, 0.29) is 5.91 Å². The van der Waals surface area contributed by atoms with Crippen LogP contribution in [0.15, 0.2) is 35.7 Å². The summed E-state index contributed by atoms with van der Waals surface area (Å²) in [6.45, 7) is 4.13. The first kappa shape index (κ1) is 17.5. The van der Waals surface area contributed by atoms with E-state index >= 15 is 0 Å². The second-order valence-electron chi connectivity index (χ2n) is 5.91. The summed E-state index contributed by atoms with van der Waals surface area (Å²) in [5.74, 6) is 0.632. The molecular formula is C16H22N4O2S. The molecule has 0 fully saturated rings. The Morgan fingerprint density at radius 3 is 2.96 bits per heavy atom. The average molecular weight is 334 g/mol. The number of aromatic nitrogens is 3. The number of hydrogen-bond donors (Lipinski definition) is 3. The highest BCUT2D eigenvalue weighted by Gasteiger charge is 2.13. The molecule has 0 saturated heterocycles. The first-order chi connectivity index (χ1) is 10.9. The quantitative estimate of drug-likeness (QED) is 0.507. The van der Waals surface area contributed by atoms with Crippen LogP contribution in [0.4, 0.5) is 0 Å². The van der Waals surface area contributed by atoms with Gasteiger partial charge in [-0.2, -0.15) is 5.10 Å². The van der Waals surface area contributed by atoms with Gasteiger partial charge in [-0.05, 0) is 44.4 Å². The van der Waals surface area contributed by atoms with E-state index in [4.69, 9.17) is 0 Å². The van der Waals surface area contributed by atoms with Crippen molar-refractivity contribution in [3.63, 3.8) is 0 Å². The maximum absolute atomic E-state index is 12.2. The van der Waals surface area contributed by atoms with Gasteiger partial charge in [0.1, 0.15) is 6.33 Å². The molecule has 0 saturated carbocycles. The van der Waals surface area contributed by atoms with Gasteiger partial charge in [0.25, 0.3) is 5.91 Å². The molecule has 1 amide bonds. The van der Waals surface area contributed by atoms with E-state index in [2.05, 4.69) is 20.5 Å². The standard InChI is InChI=1S/C16H22N4O2S/c1-16(2,22)7-6-12-4-3-5-13(10-12)14(21)17-8-9-23-15-18-11-19-20-15/h3-5,10-11,22H,6-9H2,1-2H3,(H,17,21)(H,18,19,20). The molecule has 1 aromatic carbocycles. The lowest BCUT2D eigenvalue weighted by Crippen LogP contribution is -2.26. The van der Waals surface area contributed by atoms with E-state index in [9.17, 15) is 9.90 Å². The Kier molecular flexibility index (Phi) is 6.18. The van der Waals surface area contributed by atoms with Crippen LogP contribution in [0.2, 0.25) is 0 Å². The molecule has 7 heteroatoms. The first-order valence-electron chi connectivity index (χ1n) is 7.52. The summed E-state index contributed by atoms with van der Waals surface area (Å²) in [5, 5.41) is 19.9. The van der Waals surface area contributed by atoms with Gasteiger partial charge >= 0.3 is 0 Å². The number of aryl methyl sites for hydroxylation is 1. The second-order valence-corrected chi connectivity index (χ2v) is 6.99. The second kappa shape index (κ2) is 8.12. The Morgan fingerprint density at radius 2 is 2.26 bits per heavy atom. The Hall–Kier alpha value is -1.86. The minimum absolute atomic E-state index is 0.0896. The number of thioether (sulfide) groups is 1. The summed E-state index contributed by atoms with van der Waals surface area (Å²) in [6, 6.07) is 7.53. The number of H-pyrrole nitrogens is 1. The molecule has 0 aliphatic heterocycles. The zero-order chi connectivity index (χ0) is 16.7. The van der Waals surface area contributed by atoms with Gasteiger partial charge in [-0.3, -0.25) is 9.89 Å². The molecule has 3 N–H and O–H groups in total. The van der Waals surface area contributed by atoms with Crippen LogP contribution in [0.25, 0.3) is 0 Å². The molecule has 0 unspecified atom stereocenters. The van der Waals surface area contributed by atoms with Gasteiger partial charge in [0.15, 0.2) is 5.16 Å². The Bertz CT molecular complexity index is 623. The number of amides is 1. The van der Waals surface area contributed by atoms with Crippen LogP contribution in [0.3, 0.4) is 0 Å². The summed E-state index contributed by atoms with van der Waals surface area (Å²) in [6.07, 6.45) is 2.86. The van der Waals surface area contributed by atoms with Crippen LogP contribution in [-0.2, 0) is 6.42 Å². The number of aliphatic hydroxyl groups is 1. The van der Waals surface area contributed by atoms with Crippen LogP contribution < -0.4 is 5.32 Å². The molecule has 23 heavy (non-hydrogen) atoms. The Morgan fingerprint density at radius 1 is 1.43 bits per heavy atom. The molecule has 0 aliphatic rings. The van der Waals surface area contributed by atoms with Crippen molar-refractivity contribution >= 4 is 17.7 Å². The van der Waals surface area contributed by atoms with Crippen LogP contribution in [0, 0.1) is 0 Å². The molecule has 0 bridgehead atoms. The van der Waals surface area contributed by atoms with Gasteiger partial charge in [0.05, 0.1) is 5.60 Å². The molecule has 0 atom stereocenters. The predicted octanol–water partition coefficient (Wildman–Crippen LogP) is 2.03. The van der Waals surface area contributed by atoms with E-state index in [1.54, 1.807) is 19.9 Å². The van der Waals surface area contributed by atoms with Gasteiger partial charge in [-0.25, -0.2) is 4.98 Å². The topological polar surface area (TPSA) is 90.9 Å². The molecule has 6 nitrogen and oxygen atoms in total. The van der Waals surface area contributed by atoms with E-state index in [1.165, 1.54) is 18.1 Å². The monoisotopic (exact) mass is 334 g/mol. The van der Waals surface area contributed by atoms with Crippen molar-refractivity contribution in [3.05, 3.63) is 41.7 Å². The zero-order valence-electron chi connectivity index (χ0n) is 13.4. The summed E-state index contributed by atoms with van der Waals surface area (Å²) < 4.78 is 0. The maximum Gasteiger partial charge on any atom is 0.251 e. The van der Waals surface area contributed by atoms with E-state index in [1.807, 2.05) is 18.2 Å². The number of nitrogens with one attached hydrogen (secondary N) is 2. The summed E-state index contributed by atoms with van der Waals surface area (Å²) in [7, 11) is 0.